The van der Waals surface area contributed by atoms with Crippen molar-refractivity contribution in [1.29, 1.82) is 0 Å². The molecule has 9 heteroatoms. The molecule has 0 aliphatic carbocycles. The van der Waals surface area contributed by atoms with E-state index < -0.39 is 23.8 Å². The third kappa shape index (κ3) is 3.65. The van der Waals surface area contributed by atoms with Gasteiger partial charge in [-0.3, -0.25) is 14.9 Å². The first-order valence-electron chi connectivity index (χ1n) is 7.90. The number of anilines is 1. The third-order valence-electron chi connectivity index (χ3n) is 3.94. The average Bonchev–Trinajstić information content (AvgIpc) is 2.67. The number of nitrogens with one attached hydrogen (secondary N) is 1. The Kier molecular flexibility index (Phi) is 5.27. The molecule has 1 aliphatic heterocycles. The summed E-state index contributed by atoms with van der Waals surface area (Å²) < 4.78 is 5.23. The number of halogens is 1. The van der Waals surface area contributed by atoms with Crippen LogP contribution in [0.2, 0.25) is 0 Å². The highest BCUT2D eigenvalue weighted by Gasteiger charge is 2.37. The van der Waals surface area contributed by atoms with Gasteiger partial charge in [-0.2, -0.15) is 0 Å². The van der Waals surface area contributed by atoms with Crippen LogP contribution < -0.4 is 10.2 Å². The number of ether oxygens (including phenoxy) is 1. The Hall–Kier alpha value is -3.46. The molecular formula is C19H13BrN2O6. The van der Waals surface area contributed by atoms with Gasteiger partial charge in [-0.1, -0.05) is 15.9 Å². The van der Waals surface area contributed by atoms with Gasteiger partial charge >= 0.3 is 12.0 Å². The summed E-state index contributed by atoms with van der Waals surface area (Å²) >= 11 is 3.25. The third-order valence-corrected chi connectivity index (χ3v) is 4.43. The number of benzene rings is 2. The van der Waals surface area contributed by atoms with Gasteiger partial charge < -0.3 is 9.84 Å². The van der Waals surface area contributed by atoms with Crippen molar-refractivity contribution in [2.24, 2.45) is 0 Å². The van der Waals surface area contributed by atoms with Gasteiger partial charge in [0.15, 0.2) is 0 Å². The fraction of sp³-hybridized carbons (Fsp3) is 0.0526. The largest absolute Gasteiger partial charge is 0.507 e. The second-order valence-electron chi connectivity index (χ2n) is 5.70. The highest BCUT2D eigenvalue weighted by Crippen LogP contribution is 2.27. The number of methoxy groups -OCH3 is 1. The van der Waals surface area contributed by atoms with E-state index in [2.05, 4.69) is 26.0 Å². The lowest BCUT2D eigenvalue weighted by Gasteiger charge is -2.26. The van der Waals surface area contributed by atoms with Gasteiger partial charge in [0.05, 0.1) is 18.4 Å². The molecule has 0 spiro atoms. The molecule has 1 fully saturated rings. The highest BCUT2D eigenvalue weighted by molar-refractivity contribution is 9.10. The van der Waals surface area contributed by atoms with Crippen LogP contribution in [-0.4, -0.2) is 36.0 Å². The van der Waals surface area contributed by atoms with Gasteiger partial charge in [-0.25, -0.2) is 14.5 Å². The maximum absolute atomic E-state index is 12.8. The van der Waals surface area contributed by atoms with Crippen LogP contribution in [0.25, 0.3) is 6.08 Å². The van der Waals surface area contributed by atoms with E-state index in [1.54, 1.807) is 6.07 Å². The summed E-state index contributed by atoms with van der Waals surface area (Å²) in [4.78, 5) is 49.5. The number of aromatic hydroxyl groups is 1. The van der Waals surface area contributed by atoms with Crippen molar-refractivity contribution in [3.8, 4) is 5.75 Å². The highest BCUT2D eigenvalue weighted by atomic mass is 79.9. The Morgan fingerprint density at radius 1 is 1.14 bits per heavy atom. The number of phenols is 1. The quantitative estimate of drug-likeness (QED) is 0.427. The predicted octanol–water partition coefficient (Wildman–Crippen LogP) is 2.61. The molecule has 0 bridgehead atoms. The molecule has 1 saturated heterocycles. The van der Waals surface area contributed by atoms with Crippen LogP contribution in [0.5, 0.6) is 5.75 Å². The van der Waals surface area contributed by atoms with E-state index in [4.69, 9.17) is 0 Å². The van der Waals surface area contributed by atoms with Crippen molar-refractivity contribution in [2.45, 2.75) is 0 Å². The summed E-state index contributed by atoms with van der Waals surface area (Å²) in [6.45, 7) is 0. The van der Waals surface area contributed by atoms with Crippen LogP contribution in [0.15, 0.2) is 52.5 Å². The number of hydrogen-bond donors (Lipinski definition) is 2. The number of esters is 1. The van der Waals surface area contributed by atoms with Crippen molar-refractivity contribution < 1.29 is 29.0 Å². The number of carbonyl (C=O) groups excluding carboxylic acids is 4. The molecule has 0 radical (unpaired) electrons. The molecule has 2 N–H and O–H groups in total. The summed E-state index contributed by atoms with van der Waals surface area (Å²) in [6, 6.07) is 9.14. The topological polar surface area (TPSA) is 113 Å². The molecule has 0 saturated carbocycles. The first-order valence-corrected chi connectivity index (χ1v) is 8.69. The Balaban J connectivity index is 1.99. The van der Waals surface area contributed by atoms with Gasteiger partial charge in [0.2, 0.25) is 0 Å². The predicted molar refractivity (Wildman–Crippen MR) is 103 cm³/mol. The smallest absolute Gasteiger partial charge is 0.337 e. The number of rotatable bonds is 3. The molecule has 4 amide bonds. The Morgan fingerprint density at radius 3 is 2.46 bits per heavy atom. The zero-order valence-corrected chi connectivity index (χ0v) is 16.0. The Bertz CT molecular complexity index is 1030. The number of imide groups is 2. The van der Waals surface area contributed by atoms with Gasteiger partial charge in [-0.05, 0) is 48.5 Å². The number of phenolic OH excluding ortho intramolecular Hbond substituents is 1. The fourth-order valence-corrected chi connectivity index (χ4v) is 2.93. The van der Waals surface area contributed by atoms with E-state index in [-0.39, 0.29) is 28.1 Å². The van der Waals surface area contributed by atoms with E-state index in [9.17, 15) is 24.3 Å². The summed E-state index contributed by atoms with van der Waals surface area (Å²) in [5, 5.41) is 12.0. The maximum atomic E-state index is 12.8. The van der Waals surface area contributed by atoms with Crippen molar-refractivity contribution in [1.82, 2.24) is 5.32 Å². The Labute approximate surface area is 167 Å². The molecular weight excluding hydrogens is 432 g/mol. The molecule has 2 aromatic carbocycles. The number of urea groups is 1. The van der Waals surface area contributed by atoms with E-state index in [0.29, 0.717) is 4.47 Å². The number of carbonyl (C=O) groups is 4. The van der Waals surface area contributed by atoms with Crippen LogP contribution in [0.3, 0.4) is 0 Å². The first-order chi connectivity index (χ1) is 13.3. The van der Waals surface area contributed by atoms with E-state index in [1.807, 2.05) is 0 Å². The molecule has 0 atom stereocenters. The monoisotopic (exact) mass is 444 g/mol. The number of barbiturate groups is 1. The molecule has 0 unspecified atom stereocenters. The molecule has 0 aromatic heterocycles. The van der Waals surface area contributed by atoms with E-state index in [0.717, 1.165) is 4.90 Å². The maximum Gasteiger partial charge on any atom is 0.337 e. The van der Waals surface area contributed by atoms with Crippen molar-refractivity contribution in [3.05, 3.63) is 63.6 Å². The molecule has 8 nitrogen and oxygen atoms in total. The molecule has 1 heterocycles. The summed E-state index contributed by atoms with van der Waals surface area (Å²) in [7, 11) is 1.23. The molecule has 142 valence electrons. The van der Waals surface area contributed by atoms with Crippen LogP contribution in [0.4, 0.5) is 10.5 Å². The lowest BCUT2D eigenvalue weighted by Crippen LogP contribution is -2.54. The fourth-order valence-electron chi connectivity index (χ4n) is 2.55. The SMILES string of the molecule is COC(=O)c1ccc(N2C(=O)NC(=O)/C(=C\c3cc(Br)ccc3O)C2=O)cc1. The second kappa shape index (κ2) is 7.65. The van der Waals surface area contributed by atoms with Gasteiger partial charge in [0, 0.05) is 10.0 Å². The van der Waals surface area contributed by atoms with Gasteiger partial charge in [-0.15, -0.1) is 0 Å². The summed E-state index contributed by atoms with van der Waals surface area (Å²) in [6.07, 6.45) is 1.19. The number of amides is 4. The number of hydrogen-bond acceptors (Lipinski definition) is 6. The van der Waals surface area contributed by atoms with Gasteiger partial charge in [0.1, 0.15) is 11.3 Å². The van der Waals surface area contributed by atoms with Crippen molar-refractivity contribution >= 4 is 51.5 Å². The molecule has 3 rings (SSSR count). The molecule has 1 aliphatic rings. The van der Waals surface area contributed by atoms with Gasteiger partial charge in [0.25, 0.3) is 11.8 Å². The lowest BCUT2D eigenvalue weighted by atomic mass is 10.1. The lowest BCUT2D eigenvalue weighted by molar-refractivity contribution is -0.122. The van der Waals surface area contributed by atoms with Crippen molar-refractivity contribution in [2.75, 3.05) is 12.0 Å². The zero-order valence-electron chi connectivity index (χ0n) is 14.4. The first kappa shape index (κ1) is 19.3. The Morgan fingerprint density at radius 2 is 1.82 bits per heavy atom. The minimum atomic E-state index is -0.920. The normalized spacial score (nSPS) is 15.6. The van der Waals surface area contributed by atoms with Crippen LogP contribution >= 0.6 is 15.9 Å². The van der Waals surface area contributed by atoms with E-state index in [1.165, 1.54) is 49.6 Å². The zero-order chi connectivity index (χ0) is 20.4. The summed E-state index contributed by atoms with van der Waals surface area (Å²) in [5.74, 6) is -2.44. The molecule has 2 aromatic rings. The average molecular weight is 445 g/mol. The standard InChI is InChI=1S/C19H13BrN2O6/c1-28-18(26)10-2-5-13(6-3-10)22-17(25)14(16(24)21-19(22)27)9-11-8-12(20)4-7-15(11)23/h2-9,23H,1H3,(H,21,24,27)/b14-9+. The van der Waals surface area contributed by atoms with Crippen LogP contribution in [0.1, 0.15) is 15.9 Å². The van der Waals surface area contributed by atoms with Crippen LogP contribution in [-0.2, 0) is 14.3 Å². The van der Waals surface area contributed by atoms with E-state index >= 15 is 0 Å². The summed E-state index contributed by atoms with van der Waals surface area (Å²) in [5.41, 5.74) is 0.294. The minimum absolute atomic E-state index is 0.137. The number of nitrogens with zero attached hydrogens (tertiary/aromatic N) is 1. The minimum Gasteiger partial charge on any atom is -0.507 e. The van der Waals surface area contributed by atoms with Crippen LogP contribution in [0, 0.1) is 0 Å². The van der Waals surface area contributed by atoms with Crippen molar-refractivity contribution in [3.63, 3.8) is 0 Å². The molecule has 28 heavy (non-hydrogen) atoms. The second-order valence-corrected chi connectivity index (χ2v) is 6.62.